The van der Waals surface area contributed by atoms with Crippen LogP contribution in [0, 0.1) is 3.57 Å². The van der Waals surface area contributed by atoms with E-state index in [9.17, 15) is 19.5 Å². The predicted molar refractivity (Wildman–Crippen MR) is 118 cm³/mol. The molecule has 1 unspecified atom stereocenters. The fourth-order valence-corrected chi connectivity index (χ4v) is 4.14. The van der Waals surface area contributed by atoms with E-state index in [4.69, 9.17) is 4.74 Å². The lowest BCUT2D eigenvalue weighted by Crippen LogP contribution is -2.48. The van der Waals surface area contributed by atoms with Crippen molar-refractivity contribution in [3.05, 3.63) is 43.8 Å². The van der Waals surface area contributed by atoms with Crippen LogP contribution in [0.5, 0.6) is 0 Å². The summed E-state index contributed by atoms with van der Waals surface area (Å²) in [5, 5.41) is 9.86. The first-order valence-corrected chi connectivity index (χ1v) is 10.7. The Balaban J connectivity index is 2.01. The van der Waals surface area contributed by atoms with Crippen molar-refractivity contribution >= 4 is 45.6 Å². The maximum atomic E-state index is 12.7. The van der Waals surface area contributed by atoms with Crippen molar-refractivity contribution in [2.45, 2.75) is 58.2 Å². The second-order valence-electron chi connectivity index (χ2n) is 8.31. The molecular weight excluding hydrogens is 487 g/mol. The molecule has 0 spiro atoms. The minimum atomic E-state index is -1.25. The van der Waals surface area contributed by atoms with Gasteiger partial charge >= 0.3 is 12.1 Å². The summed E-state index contributed by atoms with van der Waals surface area (Å²) in [6.07, 6.45) is 3.70. The van der Waals surface area contributed by atoms with Crippen LogP contribution in [-0.4, -0.2) is 44.8 Å². The number of carbonyl (C=O) groups excluding carboxylic acids is 1. The van der Waals surface area contributed by atoms with Crippen LogP contribution in [0.4, 0.5) is 4.79 Å². The lowest BCUT2D eigenvalue weighted by molar-refractivity contribution is 0.00788. The Kier molecular flexibility index (Phi) is 6.21. The van der Waals surface area contributed by atoms with Crippen molar-refractivity contribution < 1.29 is 19.4 Å². The summed E-state index contributed by atoms with van der Waals surface area (Å²) >= 11 is 2.10. The molecule has 2 heterocycles. The van der Waals surface area contributed by atoms with Gasteiger partial charge in [0.05, 0.1) is 11.6 Å². The number of aromatic nitrogens is 1. The van der Waals surface area contributed by atoms with Gasteiger partial charge in [-0.05, 0) is 80.8 Å². The van der Waals surface area contributed by atoms with E-state index in [2.05, 4.69) is 22.6 Å². The Labute approximate surface area is 182 Å². The zero-order valence-corrected chi connectivity index (χ0v) is 18.9. The molecule has 1 N–H and O–H groups in total. The molecule has 1 fully saturated rings. The molecule has 1 aromatic carbocycles. The van der Waals surface area contributed by atoms with E-state index in [1.807, 2.05) is 32.9 Å². The molecule has 1 aliphatic rings. The number of carboxylic acid groups (broad SMARTS) is 1. The van der Waals surface area contributed by atoms with Gasteiger partial charge in [0.1, 0.15) is 11.2 Å². The number of hydrogen-bond acceptors (Lipinski definition) is 4. The Morgan fingerprint density at radius 3 is 2.66 bits per heavy atom. The quantitative estimate of drug-likeness (QED) is 0.626. The summed E-state index contributed by atoms with van der Waals surface area (Å²) < 4.78 is 8.20. The maximum Gasteiger partial charge on any atom is 0.410 e. The monoisotopic (exact) mass is 512 g/mol. The number of likely N-dealkylation sites (tertiary alicyclic amines) is 1. The highest BCUT2D eigenvalue weighted by Gasteiger charge is 2.31. The number of benzene rings is 1. The number of hydrogen-bond donors (Lipinski definition) is 1. The van der Waals surface area contributed by atoms with E-state index in [1.165, 1.54) is 6.20 Å². The summed E-state index contributed by atoms with van der Waals surface area (Å²) in [6, 6.07) is 5.27. The van der Waals surface area contributed by atoms with Gasteiger partial charge in [-0.15, -0.1) is 0 Å². The molecule has 0 saturated carbocycles. The summed E-state index contributed by atoms with van der Waals surface area (Å²) in [7, 11) is 0. The third-order valence-corrected chi connectivity index (χ3v) is 5.61. The molecule has 0 radical (unpaired) electrons. The molecule has 29 heavy (non-hydrogen) atoms. The van der Waals surface area contributed by atoms with Crippen molar-refractivity contribution in [2.75, 3.05) is 6.54 Å². The first-order valence-electron chi connectivity index (χ1n) is 9.62. The van der Waals surface area contributed by atoms with Gasteiger partial charge in [0.15, 0.2) is 0 Å². The number of ether oxygens (including phenoxy) is 1. The molecule has 1 atom stereocenters. The van der Waals surface area contributed by atoms with Crippen molar-refractivity contribution in [1.82, 2.24) is 9.47 Å². The van der Waals surface area contributed by atoms with Crippen LogP contribution >= 0.6 is 22.6 Å². The first-order chi connectivity index (χ1) is 13.6. The number of nitrogens with zero attached hydrogens (tertiary/aromatic N) is 2. The lowest BCUT2D eigenvalue weighted by atomic mass is 10.0. The fourth-order valence-electron chi connectivity index (χ4n) is 3.65. The van der Waals surface area contributed by atoms with Gasteiger partial charge in [-0.2, -0.15) is 0 Å². The molecule has 3 rings (SSSR count). The third kappa shape index (κ3) is 4.91. The number of piperidine rings is 1. The normalized spacial score (nSPS) is 17.4. The number of amides is 1. The van der Waals surface area contributed by atoms with Crippen LogP contribution in [0.25, 0.3) is 10.9 Å². The zero-order valence-electron chi connectivity index (χ0n) is 16.8. The average Bonchev–Trinajstić information content (AvgIpc) is 2.62. The zero-order chi connectivity index (χ0) is 21.3. The highest BCUT2D eigenvalue weighted by Crippen LogP contribution is 2.24. The Bertz CT molecular complexity index is 1010. The number of carbonyl (C=O) groups is 2. The van der Waals surface area contributed by atoms with E-state index in [1.54, 1.807) is 15.5 Å². The van der Waals surface area contributed by atoms with Crippen molar-refractivity contribution in [2.24, 2.45) is 0 Å². The summed E-state index contributed by atoms with van der Waals surface area (Å²) in [5.74, 6) is -1.25. The van der Waals surface area contributed by atoms with E-state index in [0.717, 1.165) is 22.8 Å². The minimum Gasteiger partial charge on any atom is -0.477 e. The van der Waals surface area contributed by atoms with E-state index >= 15 is 0 Å². The number of carboxylic acids is 1. The molecule has 0 aliphatic carbocycles. The highest BCUT2D eigenvalue weighted by atomic mass is 127. The summed E-state index contributed by atoms with van der Waals surface area (Å²) in [4.78, 5) is 38.7. The van der Waals surface area contributed by atoms with Gasteiger partial charge in [-0.3, -0.25) is 4.79 Å². The maximum absolute atomic E-state index is 12.7. The molecule has 1 saturated heterocycles. The van der Waals surface area contributed by atoms with Crippen LogP contribution < -0.4 is 5.43 Å². The number of pyridine rings is 1. The first kappa shape index (κ1) is 21.6. The standard InChI is InChI=1S/C21H25IN2O5/c1-21(2,3)29-20(28)24-9-5-4-6-14(24)11-23-12-16(19(26)27)18(25)15-10-13(22)7-8-17(15)23/h7-8,10,12,14H,4-6,9,11H2,1-3H3,(H,26,27). The van der Waals surface area contributed by atoms with Crippen molar-refractivity contribution in [3.63, 3.8) is 0 Å². The summed E-state index contributed by atoms with van der Waals surface area (Å²) in [5.41, 5.74) is -0.680. The number of rotatable bonds is 3. The van der Waals surface area contributed by atoms with Gasteiger partial charge in [0, 0.05) is 28.2 Å². The number of aromatic carboxylic acids is 1. The van der Waals surface area contributed by atoms with E-state index in [0.29, 0.717) is 24.0 Å². The van der Waals surface area contributed by atoms with Crippen molar-refractivity contribution in [1.29, 1.82) is 0 Å². The highest BCUT2D eigenvalue weighted by molar-refractivity contribution is 14.1. The Morgan fingerprint density at radius 2 is 2.00 bits per heavy atom. The van der Waals surface area contributed by atoms with Crippen LogP contribution in [0.3, 0.4) is 0 Å². The smallest absolute Gasteiger partial charge is 0.410 e. The predicted octanol–water partition coefficient (Wildman–Crippen LogP) is 4.09. The molecule has 7 nitrogen and oxygen atoms in total. The second-order valence-corrected chi connectivity index (χ2v) is 9.56. The molecule has 1 aliphatic heterocycles. The molecule has 1 aromatic heterocycles. The second kappa shape index (κ2) is 8.33. The van der Waals surface area contributed by atoms with Crippen LogP contribution in [-0.2, 0) is 11.3 Å². The van der Waals surface area contributed by atoms with Gasteiger partial charge in [-0.1, -0.05) is 0 Å². The molecule has 8 heteroatoms. The molecule has 1 amide bonds. The SMILES string of the molecule is CC(C)(C)OC(=O)N1CCCCC1Cn1cc(C(=O)O)c(=O)c2cc(I)ccc21. The van der Waals surface area contributed by atoms with Crippen LogP contribution in [0.15, 0.2) is 29.2 Å². The Hall–Kier alpha value is -2.10. The molecule has 0 bridgehead atoms. The van der Waals surface area contributed by atoms with Crippen molar-refractivity contribution in [3.8, 4) is 0 Å². The lowest BCUT2D eigenvalue weighted by Gasteiger charge is -2.37. The summed E-state index contributed by atoms with van der Waals surface area (Å²) in [6.45, 7) is 6.50. The molecule has 2 aromatic rings. The number of fused-ring (bicyclic) bond motifs is 1. The molecule has 156 valence electrons. The van der Waals surface area contributed by atoms with E-state index in [-0.39, 0.29) is 17.7 Å². The van der Waals surface area contributed by atoms with E-state index < -0.39 is 17.0 Å². The van der Waals surface area contributed by atoms with Gasteiger partial charge in [0.2, 0.25) is 5.43 Å². The fraction of sp³-hybridized carbons (Fsp3) is 0.476. The van der Waals surface area contributed by atoms with Crippen LogP contribution in [0.1, 0.15) is 50.4 Å². The number of halogens is 1. The topological polar surface area (TPSA) is 88.8 Å². The van der Waals surface area contributed by atoms with Gasteiger partial charge in [0.25, 0.3) is 0 Å². The van der Waals surface area contributed by atoms with Gasteiger partial charge in [-0.25, -0.2) is 9.59 Å². The minimum absolute atomic E-state index is 0.134. The molecular formula is C21H25IN2O5. The van der Waals surface area contributed by atoms with Crippen LogP contribution in [0.2, 0.25) is 0 Å². The Morgan fingerprint density at radius 1 is 1.28 bits per heavy atom. The average molecular weight is 512 g/mol. The van der Waals surface area contributed by atoms with Gasteiger partial charge < -0.3 is 19.3 Å². The largest absolute Gasteiger partial charge is 0.477 e. The third-order valence-electron chi connectivity index (χ3n) is 4.94.